The third-order valence-electron chi connectivity index (χ3n) is 2.87. The van der Waals surface area contributed by atoms with Crippen LogP contribution in [0.1, 0.15) is 0 Å². The van der Waals surface area contributed by atoms with Gasteiger partial charge in [-0.1, -0.05) is 0 Å². The van der Waals surface area contributed by atoms with Gasteiger partial charge in [0.05, 0.1) is 5.39 Å². The lowest BCUT2D eigenvalue weighted by Crippen LogP contribution is -2.06. The molecular formula is C13H8O7S. The van der Waals surface area contributed by atoms with Crippen LogP contribution in [0.3, 0.4) is 0 Å². The zero-order chi connectivity index (χ0) is 15.2. The van der Waals surface area contributed by atoms with Crippen molar-refractivity contribution in [3.05, 3.63) is 46.8 Å². The summed E-state index contributed by atoms with van der Waals surface area (Å²) >= 11 is 0. The van der Waals surface area contributed by atoms with Crippen LogP contribution in [-0.2, 0) is 10.4 Å². The number of phenolic OH excluding ortho intramolecular Hbond substituents is 1. The van der Waals surface area contributed by atoms with Crippen LogP contribution in [0, 0.1) is 0 Å². The monoisotopic (exact) mass is 308 g/mol. The van der Waals surface area contributed by atoms with Crippen molar-refractivity contribution in [1.29, 1.82) is 0 Å². The lowest BCUT2D eigenvalue weighted by Gasteiger charge is -2.05. The summed E-state index contributed by atoms with van der Waals surface area (Å²) in [6.07, 6.45) is 0. The van der Waals surface area contributed by atoms with Crippen molar-refractivity contribution in [2.75, 3.05) is 0 Å². The molecule has 3 rings (SSSR count). The summed E-state index contributed by atoms with van der Waals surface area (Å²) in [5, 5.41) is 10.7. The molecule has 0 aliphatic carbocycles. The van der Waals surface area contributed by atoms with Crippen molar-refractivity contribution in [1.82, 2.24) is 0 Å². The summed E-state index contributed by atoms with van der Waals surface area (Å²) in [6, 6.07) is 8.22. The molecule has 2 N–H and O–H groups in total. The highest BCUT2D eigenvalue weighted by Gasteiger charge is 2.12. The van der Waals surface area contributed by atoms with Gasteiger partial charge in [-0.25, -0.2) is 4.79 Å². The van der Waals surface area contributed by atoms with Gasteiger partial charge < -0.3 is 13.7 Å². The molecule has 0 saturated carbocycles. The average molecular weight is 308 g/mol. The quantitative estimate of drug-likeness (QED) is 0.421. The van der Waals surface area contributed by atoms with Gasteiger partial charge >= 0.3 is 16.0 Å². The standard InChI is InChI=1S/C13H8O7S/c14-7-1-3-9-10-4-2-8(20-21(16,17)18)6-12(10)19-13(15)11(9)5-7/h1-6,14H,(H,16,17,18). The Balaban J connectivity index is 2.31. The van der Waals surface area contributed by atoms with Crippen LogP contribution in [0.25, 0.3) is 21.7 Å². The van der Waals surface area contributed by atoms with E-state index in [4.69, 9.17) is 8.97 Å². The minimum Gasteiger partial charge on any atom is -0.508 e. The fourth-order valence-corrected chi connectivity index (χ4v) is 2.42. The Kier molecular flexibility index (Phi) is 2.85. The van der Waals surface area contributed by atoms with Gasteiger partial charge in [-0.2, -0.15) is 8.42 Å². The molecule has 0 saturated heterocycles. The van der Waals surface area contributed by atoms with Gasteiger partial charge in [0.2, 0.25) is 0 Å². The number of benzene rings is 2. The summed E-state index contributed by atoms with van der Waals surface area (Å²) in [6.45, 7) is 0. The van der Waals surface area contributed by atoms with E-state index < -0.39 is 16.0 Å². The minimum atomic E-state index is -4.66. The van der Waals surface area contributed by atoms with Crippen LogP contribution in [-0.4, -0.2) is 18.1 Å². The van der Waals surface area contributed by atoms with Crippen LogP contribution in [0.4, 0.5) is 0 Å². The molecule has 3 aromatic rings. The van der Waals surface area contributed by atoms with Crippen molar-refractivity contribution < 1.29 is 26.7 Å². The number of hydrogen-bond donors (Lipinski definition) is 2. The molecule has 8 heteroatoms. The summed E-state index contributed by atoms with van der Waals surface area (Å²) in [5.74, 6) is -0.258. The predicted molar refractivity (Wildman–Crippen MR) is 73.8 cm³/mol. The summed E-state index contributed by atoms with van der Waals surface area (Å²) in [7, 11) is -4.66. The highest BCUT2D eigenvalue weighted by molar-refractivity contribution is 7.81. The third kappa shape index (κ3) is 2.54. The van der Waals surface area contributed by atoms with Gasteiger partial charge in [-0.3, -0.25) is 4.55 Å². The summed E-state index contributed by atoms with van der Waals surface area (Å²) in [4.78, 5) is 11.9. The molecule has 0 bridgehead atoms. The molecule has 0 fully saturated rings. The molecule has 0 aliphatic rings. The fourth-order valence-electron chi connectivity index (χ4n) is 2.07. The van der Waals surface area contributed by atoms with Gasteiger partial charge in [0.15, 0.2) is 0 Å². The second-order valence-electron chi connectivity index (χ2n) is 4.29. The summed E-state index contributed by atoms with van der Waals surface area (Å²) < 4.78 is 39.3. The van der Waals surface area contributed by atoms with Crippen LogP contribution >= 0.6 is 0 Å². The van der Waals surface area contributed by atoms with Crippen LogP contribution in [0.2, 0.25) is 0 Å². The number of aromatic hydroxyl groups is 1. The Morgan fingerprint density at radius 1 is 1.00 bits per heavy atom. The van der Waals surface area contributed by atoms with Crippen molar-refractivity contribution in [3.8, 4) is 11.5 Å². The molecule has 0 spiro atoms. The zero-order valence-corrected chi connectivity index (χ0v) is 11.1. The van der Waals surface area contributed by atoms with E-state index in [0.717, 1.165) is 0 Å². The molecule has 1 heterocycles. The molecular weight excluding hydrogens is 300 g/mol. The molecule has 0 amide bonds. The van der Waals surface area contributed by atoms with Crippen molar-refractivity contribution in [3.63, 3.8) is 0 Å². The van der Waals surface area contributed by atoms with Crippen molar-refractivity contribution >= 4 is 32.1 Å². The van der Waals surface area contributed by atoms with E-state index >= 15 is 0 Å². The second-order valence-corrected chi connectivity index (χ2v) is 5.31. The molecule has 0 aliphatic heterocycles. The number of rotatable bonds is 2. The van der Waals surface area contributed by atoms with Crippen LogP contribution in [0.5, 0.6) is 11.5 Å². The maximum Gasteiger partial charge on any atom is 0.446 e. The average Bonchev–Trinajstić information content (AvgIpc) is 2.37. The molecule has 0 radical (unpaired) electrons. The highest BCUT2D eigenvalue weighted by Crippen LogP contribution is 2.28. The van der Waals surface area contributed by atoms with Crippen molar-refractivity contribution in [2.45, 2.75) is 0 Å². The maximum atomic E-state index is 11.9. The fraction of sp³-hybridized carbons (Fsp3) is 0. The Labute approximate surface area is 118 Å². The second kappa shape index (κ2) is 4.47. The van der Waals surface area contributed by atoms with E-state index in [9.17, 15) is 18.3 Å². The lowest BCUT2D eigenvalue weighted by molar-refractivity contribution is 0.386. The van der Waals surface area contributed by atoms with Gasteiger partial charge in [0.1, 0.15) is 17.1 Å². The van der Waals surface area contributed by atoms with E-state index in [1.807, 2.05) is 0 Å². The van der Waals surface area contributed by atoms with Gasteiger partial charge in [-0.05, 0) is 30.3 Å². The van der Waals surface area contributed by atoms with Crippen molar-refractivity contribution in [2.24, 2.45) is 0 Å². The minimum absolute atomic E-state index is 0.0690. The van der Waals surface area contributed by atoms with Crippen LogP contribution in [0.15, 0.2) is 45.6 Å². The zero-order valence-electron chi connectivity index (χ0n) is 10.3. The molecule has 0 unspecified atom stereocenters. The van der Waals surface area contributed by atoms with E-state index in [1.165, 1.54) is 30.3 Å². The predicted octanol–water partition coefficient (Wildman–Crippen LogP) is 1.83. The molecule has 21 heavy (non-hydrogen) atoms. The molecule has 2 aromatic carbocycles. The smallest absolute Gasteiger partial charge is 0.446 e. The van der Waals surface area contributed by atoms with Crippen LogP contribution < -0.4 is 9.81 Å². The first-order valence-electron chi connectivity index (χ1n) is 5.70. The molecule has 108 valence electrons. The molecule has 7 nitrogen and oxygen atoms in total. The normalized spacial score (nSPS) is 11.9. The van der Waals surface area contributed by atoms with E-state index in [2.05, 4.69) is 4.18 Å². The van der Waals surface area contributed by atoms with E-state index in [0.29, 0.717) is 10.8 Å². The largest absolute Gasteiger partial charge is 0.508 e. The Bertz CT molecular complexity index is 1020. The van der Waals surface area contributed by atoms with E-state index in [1.54, 1.807) is 6.07 Å². The van der Waals surface area contributed by atoms with Gasteiger partial charge in [-0.15, -0.1) is 0 Å². The maximum absolute atomic E-state index is 11.9. The Morgan fingerprint density at radius 2 is 1.71 bits per heavy atom. The number of hydrogen-bond acceptors (Lipinski definition) is 6. The highest BCUT2D eigenvalue weighted by atomic mass is 32.3. The molecule has 0 atom stereocenters. The topological polar surface area (TPSA) is 114 Å². The first kappa shape index (κ1) is 13.4. The van der Waals surface area contributed by atoms with Gasteiger partial charge in [0.25, 0.3) is 0 Å². The number of fused-ring (bicyclic) bond motifs is 3. The molecule has 1 aromatic heterocycles. The first-order chi connectivity index (χ1) is 9.83. The number of phenols is 1. The lowest BCUT2D eigenvalue weighted by atomic mass is 10.1. The third-order valence-corrected chi connectivity index (χ3v) is 3.27. The Hall–Kier alpha value is -2.58. The van der Waals surface area contributed by atoms with Gasteiger partial charge in [0, 0.05) is 16.8 Å². The first-order valence-corrected chi connectivity index (χ1v) is 7.06. The van der Waals surface area contributed by atoms with E-state index in [-0.39, 0.29) is 22.5 Å². The summed E-state index contributed by atoms with van der Waals surface area (Å²) in [5.41, 5.74) is -0.586. The SMILES string of the molecule is O=c1oc2cc(OS(=O)(=O)O)ccc2c2ccc(O)cc12. The Morgan fingerprint density at radius 3 is 2.43 bits per heavy atom.